The summed E-state index contributed by atoms with van der Waals surface area (Å²) >= 11 is 0. The number of carbonyl (C=O) groups is 2. The van der Waals surface area contributed by atoms with Crippen molar-refractivity contribution < 1.29 is 9.59 Å². The topological polar surface area (TPSA) is 49.4 Å². The maximum atomic E-state index is 13.2. The Morgan fingerprint density at radius 3 is 2.17 bits per heavy atom. The van der Waals surface area contributed by atoms with Crippen molar-refractivity contribution in [1.82, 2.24) is 5.32 Å². The minimum Gasteiger partial charge on any atom is -0.362 e. The predicted octanol–water partition coefficient (Wildman–Crippen LogP) is 6.59. The van der Waals surface area contributed by atoms with E-state index in [-0.39, 0.29) is 23.0 Å². The highest BCUT2D eigenvalue weighted by Crippen LogP contribution is 2.47. The summed E-state index contributed by atoms with van der Waals surface area (Å²) in [6.45, 7) is 7.52. The molecule has 0 saturated heterocycles. The minimum atomic E-state index is -0.257. The number of dihydropyridines is 1. The van der Waals surface area contributed by atoms with Crippen LogP contribution in [0.5, 0.6) is 0 Å². The molecule has 0 fully saturated rings. The molecule has 0 bridgehead atoms. The summed E-state index contributed by atoms with van der Waals surface area (Å²) in [5.41, 5.74) is 9.58. The van der Waals surface area contributed by atoms with Crippen molar-refractivity contribution in [2.24, 2.45) is 0 Å². The molecule has 0 radical (unpaired) electrons. The lowest BCUT2D eigenvalue weighted by Gasteiger charge is -2.44. The van der Waals surface area contributed by atoms with E-state index in [1.807, 2.05) is 0 Å². The van der Waals surface area contributed by atoms with Crippen LogP contribution in [0, 0.1) is 0 Å². The smallest absolute Gasteiger partial charge is 0.161 e. The van der Waals surface area contributed by atoms with Gasteiger partial charge in [-0.1, -0.05) is 42.5 Å². The molecular formula is C32H34N2O2. The molecule has 184 valence electrons. The standard InChI is InChI=1S/C32H34N2O2/c1-20-18-32(2,3)34(19-21-9-5-4-6-10-21)26-16-15-22(17-23(20)26)29-30-24(11-7-13-27(30)35)33-25-12-8-14-28(36)31(25)29/h4-6,9-10,15-18,29,33H,7-8,11-14,19H2,1-3H3. The second-order valence-corrected chi connectivity index (χ2v) is 11.2. The molecule has 36 heavy (non-hydrogen) atoms. The molecule has 0 amide bonds. The Labute approximate surface area is 213 Å². The molecule has 2 aromatic carbocycles. The van der Waals surface area contributed by atoms with E-state index in [0.717, 1.165) is 60.3 Å². The number of carbonyl (C=O) groups excluding carboxylic acids is 2. The van der Waals surface area contributed by atoms with Gasteiger partial charge in [0.05, 0.1) is 5.54 Å². The Hall–Kier alpha value is -3.40. The summed E-state index contributed by atoms with van der Waals surface area (Å²) in [6.07, 6.45) is 6.99. The molecule has 0 aromatic heterocycles. The van der Waals surface area contributed by atoms with Gasteiger partial charge in [0, 0.05) is 59.1 Å². The second kappa shape index (κ2) is 8.62. The van der Waals surface area contributed by atoms with Gasteiger partial charge in [-0.3, -0.25) is 9.59 Å². The van der Waals surface area contributed by atoms with Gasteiger partial charge in [-0.25, -0.2) is 0 Å². The van der Waals surface area contributed by atoms with Gasteiger partial charge >= 0.3 is 0 Å². The van der Waals surface area contributed by atoms with Crippen LogP contribution < -0.4 is 10.2 Å². The van der Waals surface area contributed by atoms with Gasteiger partial charge in [0.25, 0.3) is 0 Å². The number of Topliss-reactive ketones (excluding diaryl/α,β-unsaturated/α-hetero) is 2. The molecule has 2 aromatic rings. The molecule has 6 rings (SSSR count). The van der Waals surface area contributed by atoms with Crippen molar-refractivity contribution >= 4 is 22.8 Å². The first-order chi connectivity index (χ1) is 17.3. The number of fused-ring (bicyclic) bond motifs is 1. The van der Waals surface area contributed by atoms with E-state index < -0.39 is 0 Å². The fourth-order valence-corrected chi connectivity index (χ4v) is 6.65. The Kier molecular flexibility index (Phi) is 5.51. The highest BCUT2D eigenvalue weighted by atomic mass is 16.1. The average Bonchev–Trinajstić information content (AvgIpc) is 2.86. The van der Waals surface area contributed by atoms with Crippen LogP contribution in [0.1, 0.15) is 81.9 Å². The molecule has 1 N–H and O–H groups in total. The zero-order valence-corrected chi connectivity index (χ0v) is 21.5. The third kappa shape index (κ3) is 3.75. The fraction of sp³-hybridized carbons (Fsp3) is 0.375. The zero-order chi connectivity index (χ0) is 25.0. The molecule has 2 aliphatic carbocycles. The Bertz CT molecular complexity index is 1320. The highest BCUT2D eigenvalue weighted by molar-refractivity contribution is 6.06. The van der Waals surface area contributed by atoms with Gasteiger partial charge in [0.1, 0.15) is 0 Å². The van der Waals surface area contributed by atoms with Crippen molar-refractivity contribution in [1.29, 1.82) is 0 Å². The fourth-order valence-electron chi connectivity index (χ4n) is 6.65. The number of ketones is 2. The van der Waals surface area contributed by atoms with Gasteiger partial charge < -0.3 is 10.2 Å². The number of allylic oxidation sites excluding steroid dienone is 5. The lowest BCUT2D eigenvalue weighted by Crippen LogP contribution is -2.44. The lowest BCUT2D eigenvalue weighted by atomic mass is 9.71. The first kappa shape index (κ1) is 23.0. The molecule has 0 atom stereocenters. The summed E-state index contributed by atoms with van der Waals surface area (Å²) in [4.78, 5) is 28.9. The van der Waals surface area contributed by atoms with Gasteiger partial charge in [-0.05, 0) is 75.3 Å². The van der Waals surface area contributed by atoms with E-state index in [0.29, 0.717) is 12.8 Å². The van der Waals surface area contributed by atoms with Crippen LogP contribution in [0.3, 0.4) is 0 Å². The SMILES string of the molecule is CC1=CC(C)(C)N(Cc2ccccc2)c2ccc(C3C4=C(CCCC4=O)NC4=C3C(=O)CCC4)cc21. The first-order valence-electron chi connectivity index (χ1n) is 13.3. The van der Waals surface area contributed by atoms with E-state index in [2.05, 4.69) is 85.6 Å². The first-order valence-corrected chi connectivity index (χ1v) is 13.3. The maximum absolute atomic E-state index is 13.2. The Balaban J connectivity index is 1.48. The van der Waals surface area contributed by atoms with E-state index in [1.54, 1.807) is 0 Å². The van der Waals surface area contributed by atoms with Crippen LogP contribution in [0.4, 0.5) is 5.69 Å². The number of anilines is 1. The summed E-state index contributed by atoms with van der Waals surface area (Å²) < 4.78 is 0. The highest BCUT2D eigenvalue weighted by Gasteiger charge is 2.41. The van der Waals surface area contributed by atoms with Crippen LogP contribution in [0.25, 0.3) is 5.57 Å². The largest absolute Gasteiger partial charge is 0.362 e. The van der Waals surface area contributed by atoms with Crippen LogP contribution in [-0.2, 0) is 16.1 Å². The van der Waals surface area contributed by atoms with Gasteiger partial charge in [-0.2, -0.15) is 0 Å². The molecule has 2 aliphatic heterocycles. The van der Waals surface area contributed by atoms with Gasteiger partial charge in [0.15, 0.2) is 11.6 Å². The minimum absolute atomic E-state index is 0.132. The molecule has 4 nitrogen and oxygen atoms in total. The number of benzene rings is 2. The number of rotatable bonds is 3. The second-order valence-electron chi connectivity index (χ2n) is 11.2. The third-order valence-electron chi connectivity index (χ3n) is 8.31. The molecule has 0 saturated carbocycles. The molecule has 2 heterocycles. The predicted molar refractivity (Wildman–Crippen MR) is 144 cm³/mol. The van der Waals surface area contributed by atoms with Crippen LogP contribution in [-0.4, -0.2) is 17.1 Å². The van der Waals surface area contributed by atoms with E-state index in [1.165, 1.54) is 22.4 Å². The van der Waals surface area contributed by atoms with Crippen molar-refractivity contribution in [3.8, 4) is 0 Å². The summed E-state index contributed by atoms with van der Waals surface area (Å²) in [5, 5.41) is 3.53. The number of nitrogens with one attached hydrogen (secondary N) is 1. The van der Waals surface area contributed by atoms with Crippen molar-refractivity contribution in [2.75, 3.05) is 4.90 Å². The van der Waals surface area contributed by atoms with Crippen molar-refractivity contribution in [3.63, 3.8) is 0 Å². The van der Waals surface area contributed by atoms with Crippen molar-refractivity contribution in [3.05, 3.63) is 93.8 Å². The maximum Gasteiger partial charge on any atom is 0.161 e. The Morgan fingerprint density at radius 2 is 1.53 bits per heavy atom. The normalized spacial score (nSPS) is 21.5. The third-order valence-corrected chi connectivity index (χ3v) is 8.31. The van der Waals surface area contributed by atoms with Crippen LogP contribution in [0.15, 0.2) is 77.1 Å². The zero-order valence-electron chi connectivity index (χ0n) is 21.5. The molecule has 4 heteroatoms. The van der Waals surface area contributed by atoms with Crippen molar-refractivity contribution in [2.45, 2.75) is 77.3 Å². The summed E-state index contributed by atoms with van der Waals surface area (Å²) in [5.74, 6) is 0.124. The van der Waals surface area contributed by atoms with Gasteiger partial charge in [-0.15, -0.1) is 0 Å². The van der Waals surface area contributed by atoms with E-state index in [4.69, 9.17) is 0 Å². The van der Waals surface area contributed by atoms with E-state index in [9.17, 15) is 9.59 Å². The van der Waals surface area contributed by atoms with E-state index >= 15 is 0 Å². The number of hydrogen-bond donors (Lipinski definition) is 1. The number of hydrogen-bond acceptors (Lipinski definition) is 4. The van der Waals surface area contributed by atoms with Gasteiger partial charge in [0.2, 0.25) is 0 Å². The van der Waals surface area contributed by atoms with Crippen LogP contribution in [0.2, 0.25) is 0 Å². The molecule has 0 spiro atoms. The van der Waals surface area contributed by atoms with Crippen LogP contribution >= 0.6 is 0 Å². The molecule has 4 aliphatic rings. The average molecular weight is 479 g/mol. The quantitative estimate of drug-likeness (QED) is 0.541. The lowest BCUT2D eigenvalue weighted by molar-refractivity contribution is -0.116. The number of nitrogens with zero attached hydrogens (tertiary/aromatic N) is 1. The summed E-state index contributed by atoms with van der Waals surface area (Å²) in [7, 11) is 0. The Morgan fingerprint density at radius 1 is 0.889 bits per heavy atom. The monoisotopic (exact) mass is 478 g/mol. The summed E-state index contributed by atoms with van der Waals surface area (Å²) in [6, 6.07) is 17.2. The molecule has 0 unspecified atom stereocenters. The molecular weight excluding hydrogens is 444 g/mol.